The Morgan fingerprint density at radius 2 is 2.50 bits per heavy atom. The number of nitriles is 1. The molecule has 2 nitrogen and oxygen atoms in total. The predicted molar refractivity (Wildman–Crippen MR) is 32.8 cm³/mol. The van der Waals surface area contributed by atoms with Crippen LogP contribution in [0.5, 0.6) is 0 Å². The maximum Gasteiger partial charge on any atom is 0.180 e. The molecule has 0 aromatic rings. The van der Waals surface area contributed by atoms with Crippen LogP contribution in [0, 0.1) is 11.5 Å². The molecule has 0 fully saturated rings. The molecule has 0 amide bonds. The van der Waals surface area contributed by atoms with Crippen molar-refractivity contribution >= 4 is 0 Å². The first-order chi connectivity index (χ1) is 3.81. The summed E-state index contributed by atoms with van der Waals surface area (Å²) in [5, 5.41) is 10.4. The minimum Gasteiger partial charge on any atom is -0.300 e. The van der Waals surface area contributed by atoms with Gasteiger partial charge in [0.2, 0.25) is 0 Å². The average Bonchev–Trinajstić information content (AvgIpc) is 1.83. The topological polar surface area (TPSA) is 35.8 Å². The second kappa shape index (κ2) is 4.20. The Morgan fingerprint density at radius 3 is 2.88 bits per heavy atom. The van der Waals surface area contributed by atoms with E-state index in [1.54, 1.807) is 12.4 Å². The van der Waals surface area contributed by atoms with Gasteiger partial charge in [0.05, 0.1) is 0 Å². The Hall–Kier alpha value is -0.970. The molecule has 0 heterocycles. The average molecular weight is 110 g/mol. The van der Waals surface area contributed by atoms with Gasteiger partial charge in [-0.3, -0.25) is 5.32 Å². The van der Waals surface area contributed by atoms with Crippen molar-refractivity contribution in [3.05, 3.63) is 11.8 Å². The standard InChI is InChI=1S/C6H10N2/c1-3-6(2)4-8-5-7/h4,8H,3H2,1-2H3/b6-4+. The van der Waals surface area contributed by atoms with Gasteiger partial charge in [-0.25, -0.2) is 0 Å². The van der Waals surface area contributed by atoms with Crippen molar-refractivity contribution in [1.82, 2.24) is 5.32 Å². The molecule has 0 saturated carbocycles. The zero-order valence-corrected chi connectivity index (χ0v) is 5.23. The summed E-state index contributed by atoms with van der Waals surface area (Å²) in [6, 6.07) is 0. The van der Waals surface area contributed by atoms with Gasteiger partial charge >= 0.3 is 0 Å². The molecule has 0 saturated heterocycles. The van der Waals surface area contributed by atoms with Crippen LogP contribution in [0.2, 0.25) is 0 Å². The lowest BCUT2D eigenvalue weighted by atomic mass is 10.3. The van der Waals surface area contributed by atoms with Crippen LogP contribution in [-0.2, 0) is 0 Å². The number of allylic oxidation sites excluding steroid dienone is 1. The highest BCUT2D eigenvalue weighted by Crippen LogP contribution is 1.93. The summed E-state index contributed by atoms with van der Waals surface area (Å²) in [5.41, 5.74) is 1.19. The van der Waals surface area contributed by atoms with Crippen molar-refractivity contribution in [3.63, 3.8) is 0 Å². The van der Waals surface area contributed by atoms with Gasteiger partial charge in [-0.15, -0.1) is 0 Å². The Bertz CT molecular complexity index is 119. The van der Waals surface area contributed by atoms with Gasteiger partial charge in [0.25, 0.3) is 0 Å². The lowest BCUT2D eigenvalue weighted by Crippen LogP contribution is -1.92. The molecule has 0 unspecified atom stereocenters. The quantitative estimate of drug-likeness (QED) is 0.430. The van der Waals surface area contributed by atoms with Gasteiger partial charge in [0.15, 0.2) is 6.19 Å². The predicted octanol–water partition coefficient (Wildman–Crippen LogP) is 1.37. The van der Waals surface area contributed by atoms with Gasteiger partial charge in [-0.1, -0.05) is 12.5 Å². The Labute approximate surface area is 49.8 Å². The van der Waals surface area contributed by atoms with E-state index in [9.17, 15) is 0 Å². The normalized spacial score (nSPS) is 10.4. The molecule has 1 N–H and O–H groups in total. The molecule has 0 radical (unpaired) electrons. The molecule has 0 aliphatic heterocycles. The van der Waals surface area contributed by atoms with E-state index in [0.29, 0.717) is 0 Å². The second-order valence-corrected chi connectivity index (χ2v) is 1.60. The number of nitrogens with one attached hydrogen (secondary N) is 1. The SMILES string of the molecule is CC/C(C)=C/NC#N. The first kappa shape index (κ1) is 7.03. The minimum atomic E-state index is 0.995. The van der Waals surface area contributed by atoms with E-state index in [0.717, 1.165) is 6.42 Å². The van der Waals surface area contributed by atoms with E-state index in [1.165, 1.54) is 5.57 Å². The van der Waals surface area contributed by atoms with E-state index in [4.69, 9.17) is 5.26 Å². The third-order valence-corrected chi connectivity index (χ3v) is 0.941. The summed E-state index contributed by atoms with van der Waals surface area (Å²) >= 11 is 0. The van der Waals surface area contributed by atoms with Crippen molar-refractivity contribution in [2.75, 3.05) is 0 Å². The molecule has 44 valence electrons. The summed E-state index contributed by atoms with van der Waals surface area (Å²) in [6.45, 7) is 4.02. The van der Waals surface area contributed by atoms with Crippen molar-refractivity contribution in [2.45, 2.75) is 20.3 Å². The number of hydrogen-bond acceptors (Lipinski definition) is 2. The van der Waals surface area contributed by atoms with Crippen molar-refractivity contribution < 1.29 is 0 Å². The molecule has 0 aromatic carbocycles. The maximum atomic E-state index is 8.00. The highest BCUT2D eigenvalue weighted by Gasteiger charge is 1.78. The summed E-state index contributed by atoms with van der Waals surface area (Å²) in [4.78, 5) is 0. The van der Waals surface area contributed by atoms with Crippen LogP contribution in [0.3, 0.4) is 0 Å². The van der Waals surface area contributed by atoms with Gasteiger partial charge in [0, 0.05) is 6.20 Å². The third kappa shape index (κ3) is 3.23. The molecule has 0 aliphatic rings. The largest absolute Gasteiger partial charge is 0.300 e. The molecular formula is C6H10N2. The van der Waals surface area contributed by atoms with E-state index >= 15 is 0 Å². The van der Waals surface area contributed by atoms with Gasteiger partial charge < -0.3 is 0 Å². The van der Waals surface area contributed by atoms with E-state index in [1.807, 2.05) is 13.8 Å². The molecule has 0 spiro atoms. The third-order valence-electron chi connectivity index (χ3n) is 0.941. The molecule has 0 atom stereocenters. The zero-order chi connectivity index (χ0) is 6.41. The van der Waals surface area contributed by atoms with Crippen LogP contribution in [0.4, 0.5) is 0 Å². The molecule has 0 aromatic heterocycles. The number of hydrogen-bond donors (Lipinski definition) is 1. The Morgan fingerprint density at radius 1 is 1.88 bits per heavy atom. The van der Waals surface area contributed by atoms with Crippen LogP contribution in [0.15, 0.2) is 11.8 Å². The van der Waals surface area contributed by atoms with Gasteiger partial charge in [0.1, 0.15) is 0 Å². The highest BCUT2D eigenvalue weighted by molar-refractivity contribution is 4.97. The van der Waals surface area contributed by atoms with E-state index in [-0.39, 0.29) is 0 Å². The van der Waals surface area contributed by atoms with Crippen LogP contribution >= 0.6 is 0 Å². The lowest BCUT2D eigenvalue weighted by molar-refractivity contribution is 1.05. The smallest absolute Gasteiger partial charge is 0.180 e. The van der Waals surface area contributed by atoms with Gasteiger partial charge in [-0.2, -0.15) is 5.26 Å². The summed E-state index contributed by atoms with van der Waals surface area (Å²) < 4.78 is 0. The first-order valence-electron chi connectivity index (χ1n) is 2.61. The molecule has 8 heavy (non-hydrogen) atoms. The molecule has 2 heteroatoms. The number of nitrogens with zero attached hydrogens (tertiary/aromatic N) is 1. The molecular weight excluding hydrogens is 100 g/mol. The Balaban J connectivity index is 3.45. The van der Waals surface area contributed by atoms with Crippen molar-refractivity contribution in [1.29, 1.82) is 5.26 Å². The minimum absolute atomic E-state index is 0.995. The fraction of sp³-hybridized carbons (Fsp3) is 0.500. The van der Waals surface area contributed by atoms with Crippen LogP contribution in [0.1, 0.15) is 20.3 Å². The molecule has 0 bridgehead atoms. The summed E-state index contributed by atoms with van der Waals surface area (Å²) in [5.74, 6) is 0. The van der Waals surface area contributed by atoms with Crippen LogP contribution in [0.25, 0.3) is 0 Å². The Kier molecular flexibility index (Phi) is 3.69. The fourth-order valence-electron chi connectivity index (χ4n) is 0.258. The van der Waals surface area contributed by atoms with Crippen molar-refractivity contribution in [2.24, 2.45) is 0 Å². The number of rotatable bonds is 2. The molecule has 0 aliphatic carbocycles. The monoisotopic (exact) mass is 110 g/mol. The second-order valence-electron chi connectivity index (χ2n) is 1.60. The first-order valence-corrected chi connectivity index (χ1v) is 2.61. The maximum absolute atomic E-state index is 8.00. The van der Waals surface area contributed by atoms with Crippen LogP contribution < -0.4 is 5.32 Å². The zero-order valence-electron chi connectivity index (χ0n) is 5.23. The summed E-state index contributed by atoms with van der Waals surface area (Å²) in [6.07, 6.45) is 4.51. The van der Waals surface area contributed by atoms with Crippen LogP contribution in [-0.4, -0.2) is 0 Å². The molecule has 0 rings (SSSR count). The summed E-state index contributed by atoms with van der Waals surface area (Å²) in [7, 11) is 0. The fourth-order valence-corrected chi connectivity index (χ4v) is 0.258. The lowest BCUT2D eigenvalue weighted by Gasteiger charge is -1.89. The highest BCUT2D eigenvalue weighted by atomic mass is 14.8. The van der Waals surface area contributed by atoms with E-state index < -0.39 is 0 Å². The van der Waals surface area contributed by atoms with Gasteiger partial charge in [-0.05, 0) is 13.3 Å². The van der Waals surface area contributed by atoms with Crippen molar-refractivity contribution in [3.8, 4) is 6.19 Å². The van der Waals surface area contributed by atoms with E-state index in [2.05, 4.69) is 5.32 Å².